The van der Waals surface area contributed by atoms with Gasteiger partial charge < -0.3 is 15.2 Å². The first-order valence-corrected chi connectivity index (χ1v) is 7.42. The number of hydrogen-bond donors (Lipinski definition) is 2. The number of hydrogen-bond acceptors (Lipinski definition) is 4. The van der Waals surface area contributed by atoms with Crippen LogP contribution in [-0.2, 0) is 0 Å². The zero-order valence-corrected chi connectivity index (χ0v) is 13.3. The van der Waals surface area contributed by atoms with Gasteiger partial charge in [0.1, 0.15) is 11.4 Å². The molecule has 0 aliphatic rings. The second kappa shape index (κ2) is 6.88. The fraction of sp³-hybridized carbons (Fsp3) is 0.0556. The van der Waals surface area contributed by atoms with Crippen molar-refractivity contribution in [3.8, 4) is 11.4 Å². The molecule has 0 atom stereocenters. The molecule has 0 saturated heterocycles. The van der Waals surface area contributed by atoms with Gasteiger partial charge in [0.15, 0.2) is 5.69 Å². The van der Waals surface area contributed by atoms with Gasteiger partial charge in [-0.3, -0.25) is 4.79 Å². The van der Waals surface area contributed by atoms with E-state index in [2.05, 4.69) is 10.4 Å². The monoisotopic (exact) mass is 337 g/mol. The predicted octanol–water partition coefficient (Wildman–Crippen LogP) is 2.83. The number of carboxylic acids is 1. The first kappa shape index (κ1) is 16.3. The van der Waals surface area contributed by atoms with E-state index in [0.29, 0.717) is 17.1 Å². The Labute approximate surface area is 143 Å². The van der Waals surface area contributed by atoms with E-state index in [1.807, 2.05) is 6.07 Å². The van der Waals surface area contributed by atoms with Crippen LogP contribution in [0, 0.1) is 0 Å². The first-order valence-electron chi connectivity index (χ1n) is 7.42. The van der Waals surface area contributed by atoms with E-state index in [-0.39, 0.29) is 11.4 Å². The molecule has 2 N–H and O–H groups in total. The Hall–Kier alpha value is -3.61. The summed E-state index contributed by atoms with van der Waals surface area (Å²) in [6.07, 6.45) is 0. The van der Waals surface area contributed by atoms with Crippen LogP contribution in [0.2, 0.25) is 0 Å². The number of carbonyl (C=O) groups excluding carboxylic acids is 1. The van der Waals surface area contributed by atoms with E-state index in [0.717, 1.165) is 0 Å². The van der Waals surface area contributed by atoms with E-state index in [1.54, 1.807) is 55.6 Å². The molecular weight excluding hydrogens is 322 g/mol. The number of aromatic carboxylic acids is 1. The van der Waals surface area contributed by atoms with Crippen molar-refractivity contribution in [2.45, 2.75) is 0 Å². The molecule has 126 valence electrons. The van der Waals surface area contributed by atoms with Crippen molar-refractivity contribution in [1.82, 2.24) is 9.78 Å². The Bertz CT molecular complexity index is 902. The zero-order chi connectivity index (χ0) is 17.8. The van der Waals surface area contributed by atoms with Gasteiger partial charge in [-0.2, -0.15) is 5.10 Å². The molecule has 0 spiro atoms. The molecule has 7 heteroatoms. The molecule has 7 nitrogen and oxygen atoms in total. The summed E-state index contributed by atoms with van der Waals surface area (Å²) in [5.41, 5.74) is 1.05. The highest BCUT2D eigenvalue weighted by atomic mass is 16.5. The first-order chi connectivity index (χ1) is 12.1. The Morgan fingerprint density at radius 1 is 1.08 bits per heavy atom. The lowest BCUT2D eigenvalue weighted by molar-refractivity contribution is 0.0690. The smallest absolute Gasteiger partial charge is 0.356 e. The molecule has 0 bridgehead atoms. The Balaban J connectivity index is 1.99. The van der Waals surface area contributed by atoms with Crippen LogP contribution in [0.5, 0.6) is 5.75 Å². The van der Waals surface area contributed by atoms with Gasteiger partial charge in [-0.05, 0) is 36.4 Å². The lowest BCUT2D eigenvalue weighted by Crippen LogP contribution is -2.16. The lowest BCUT2D eigenvalue weighted by atomic mass is 10.2. The topological polar surface area (TPSA) is 93.5 Å². The van der Waals surface area contributed by atoms with E-state index in [4.69, 9.17) is 4.74 Å². The van der Waals surface area contributed by atoms with Crippen molar-refractivity contribution >= 4 is 17.6 Å². The van der Waals surface area contributed by atoms with E-state index >= 15 is 0 Å². The Morgan fingerprint density at radius 2 is 1.76 bits per heavy atom. The minimum Gasteiger partial charge on any atom is -0.497 e. The predicted molar refractivity (Wildman–Crippen MR) is 91.5 cm³/mol. The van der Waals surface area contributed by atoms with Gasteiger partial charge in [-0.25, -0.2) is 9.48 Å². The zero-order valence-electron chi connectivity index (χ0n) is 13.3. The molecule has 0 aliphatic carbocycles. The summed E-state index contributed by atoms with van der Waals surface area (Å²) in [7, 11) is 1.55. The van der Waals surface area contributed by atoms with Crippen LogP contribution in [-0.4, -0.2) is 33.9 Å². The van der Waals surface area contributed by atoms with Crippen LogP contribution in [0.1, 0.15) is 21.0 Å². The van der Waals surface area contributed by atoms with Crippen LogP contribution < -0.4 is 10.1 Å². The van der Waals surface area contributed by atoms with E-state index in [9.17, 15) is 14.7 Å². The standard InChI is InChI=1S/C18H15N3O4/c1-25-14-9-7-13(8-10-14)21-16(11-15(20-21)18(23)24)17(22)19-12-5-3-2-4-6-12/h2-11H,1H3,(H,19,22)(H,23,24). The molecule has 3 aromatic rings. The second-order valence-electron chi connectivity index (χ2n) is 5.15. The highest BCUT2D eigenvalue weighted by Gasteiger charge is 2.20. The largest absolute Gasteiger partial charge is 0.497 e. The van der Waals surface area contributed by atoms with Gasteiger partial charge in [0.25, 0.3) is 5.91 Å². The van der Waals surface area contributed by atoms with Gasteiger partial charge in [-0.1, -0.05) is 18.2 Å². The fourth-order valence-corrected chi connectivity index (χ4v) is 2.28. The number of carboxylic acid groups (broad SMARTS) is 1. The number of para-hydroxylation sites is 1. The molecule has 0 radical (unpaired) electrons. The number of amides is 1. The lowest BCUT2D eigenvalue weighted by Gasteiger charge is -2.09. The quantitative estimate of drug-likeness (QED) is 0.747. The number of ether oxygens (including phenoxy) is 1. The molecule has 0 saturated carbocycles. The van der Waals surface area contributed by atoms with Gasteiger partial charge in [0, 0.05) is 11.8 Å². The molecule has 1 aromatic heterocycles. The van der Waals surface area contributed by atoms with Crippen molar-refractivity contribution in [2.75, 3.05) is 12.4 Å². The maximum Gasteiger partial charge on any atom is 0.356 e. The number of methoxy groups -OCH3 is 1. The normalized spacial score (nSPS) is 10.3. The third-order valence-electron chi connectivity index (χ3n) is 3.51. The molecular formula is C18H15N3O4. The summed E-state index contributed by atoms with van der Waals surface area (Å²) in [5.74, 6) is -1.02. The van der Waals surface area contributed by atoms with Crippen molar-refractivity contribution < 1.29 is 19.4 Å². The average Bonchev–Trinajstić information content (AvgIpc) is 3.08. The SMILES string of the molecule is COc1ccc(-n2nc(C(=O)O)cc2C(=O)Nc2ccccc2)cc1. The molecule has 25 heavy (non-hydrogen) atoms. The summed E-state index contributed by atoms with van der Waals surface area (Å²) >= 11 is 0. The summed E-state index contributed by atoms with van der Waals surface area (Å²) in [6, 6.07) is 16.9. The number of nitrogens with one attached hydrogen (secondary N) is 1. The average molecular weight is 337 g/mol. The fourth-order valence-electron chi connectivity index (χ4n) is 2.28. The molecule has 1 amide bonds. The van der Waals surface area contributed by atoms with E-state index in [1.165, 1.54) is 10.7 Å². The van der Waals surface area contributed by atoms with Crippen LogP contribution in [0.4, 0.5) is 5.69 Å². The van der Waals surface area contributed by atoms with Crippen molar-refractivity contribution in [1.29, 1.82) is 0 Å². The van der Waals surface area contributed by atoms with Gasteiger partial charge in [0.2, 0.25) is 0 Å². The number of rotatable bonds is 5. The summed E-state index contributed by atoms with van der Waals surface area (Å²) in [6.45, 7) is 0. The van der Waals surface area contributed by atoms with E-state index < -0.39 is 11.9 Å². The third-order valence-corrected chi connectivity index (χ3v) is 3.51. The third kappa shape index (κ3) is 3.50. The molecule has 2 aromatic carbocycles. The minimum absolute atomic E-state index is 0.117. The van der Waals surface area contributed by atoms with Crippen LogP contribution in [0.15, 0.2) is 60.7 Å². The second-order valence-corrected chi connectivity index (χ2v) is 5.15. The number of aromatic nitrogens is 2. The number of carbonyl (C=O) groups is 2. The van der Waals surface area contributed by atoms with Crippen molar-refractivity contribution in [3.05, 3.63) is 72.1 Å². The maximum absolute atomic E-state index is 12.6. The molecule has 0 aliphatic heterocycles. The molecule has 0 fully saturated rings. The van der Waals surface area contributed by atoms with Gasteiger partial charge in [-0.15, -0.1) is 0 Å². The minimum atomic E-state index is -1.21. The van der Waals surface area contributed by atoms with Crippen LogP contribution in [0.3, 0.4) is 0 Å². The van der Waals surface area contributed by atoms with Gasteiger partial charge >= 0.3 is 5.97 Å². The summed E-state index contributed by atoms with van der Waals surface area (Å²) in [5, 5.41) is 15.9. The Kier molecular flexibility index (Phi) is 4.47. The number of nitrogens with zero attached hydrogens (tertiary/aromatic N) is 2. The highest BCUT2D eigenvalue weighted by molar-refractivity contribution is 6.04. The van der Waals surface area contributed by atoms with Crippen LogP contribution in [0.25, 0.3) is 5.69 Å². The number of anilines is 1. The van der Waals surface area contributed by atoms with Gasteiger partial charge in [0.05, 0.1) is 12.8 Å². The van der Waals surface area contributed by atoms with Crippen molar-refractivity contribution in [2.24, 2.45) is 0 Å². The number of benzene rings is 2. The Morgan fingerprint density at radius 3 is 2.36 bits per heavy atom. The molecule has 1 heterocycles. The highest BCUT2D eigenvalue weighted by Crippen LogP contribution is 2.18. The molecule has 0 unspecified atom stereocenters. The maximum atomic E-state index is 12.6. The van der Waals surface area contributed by atoms with Crippen LogP contribution >= 0.6 is 0 Å². The molecule has 3 rings (SSSR count). The summed E-state index contributed by atoms with van der Waals surface area (Å²) in [4.78, 5) is 23.8. The summed E-state index contributed by atoms with van der Waals surface area (Å²) < 4.78 is 6.39. The van der Waals surface area contributed by atoms with Crippen molar-refractivity contribution in [3.63, 3.8) is 0 Å².